The Balaban J connectivity index is 0. The number of aliphatic carboxylic acids is 1. The third kappa shape index (κ3) is 17.2. The Kier molecular flexibility index (Phi) is 10.4. The molecule has 0 rings (SSSR count). The quantitative estimate of drug-likeness (QED) is 0.768. The van der Waals surface area contributed by atoms with Crippen molar-refractivity contribution in [1.82, 2.24) is 5.32 Å². The maximum absolute atomic E-state index is 10.8. The van der Waals surface area contributed by atoms with Gasteiger partial charge in [-0.05, 0) is 12.8 Å². The van der Waals surface area contributed by atoms with Crippen LogP contribution in [0.5, 0.6) is 0 Å². The van der Waals surface area contributed by atoms with Crippen LogP contribution in [-0.4, -0.2) is 29.3 Å². The summed E-state index contributed by atoms with van der Waals surface area (Å²) in [6.45, 7) is 8.94. The Bertz CT molecular complexity index is 259. The minimum absolute atomic E-state index is 0.0194. The summed E-state index contributed by atoms with van der Waals surface area (Å²) in [4.78, 5) is 30.9. The SMILES string of the molecule is CC(=O)CNC(=O)C(C)C.CC(C)CC(=O)O. The molecule has 17 heavy (non-hydrogen) atoms. The molecule has 2 N–H and O–H groups in total. The van der Waals surface area contributed by atoms with Crippen molar-refractivity contribution in [2.45, 2.75) is 41.0 Å². The van der Waals surface area contributed by atoms with Gasteiger partial charge in [-0.2, -0.15) is 0 Å². The van der Waals surface area contributed by atoms with Gasteiger partial charge in [0.2, 0.25) is 5.91 Å². The molecule has 0 aromatic heterocycles. The molecule has 0 unspecified atom stereocenters. The first-order valence-electron chi connectivity index (χ1n) is 5.65. The van der Waals surface area contributed by atoms with E-state index in [-0.39, 0.29) is 36.5 Å². The van der Waals surface area contributed by atoms with Crippen molar-refractivity contribution in [2.75, 3.05) is 6.54 Å². The third-order valence-electron chi connectivity index (χ3n) is 1.62. The van der Waals surface area contributed by atoms with Gasteiger partial charge < -0.3 is 10.4 Å². The van der Waals surface area contributed by atoms with E-state index in [2.05, 4.69) is 5.32 Å². The number of ketones is 1. The van der Waals surface area contributed by atoms with E-state index in [0.717, 1.165) is 0 Å². The van der Waals surface area contributed by atoms with Crippen LogP contribution < -0.4 is 5.32 Å². The number of rotatable bonds is 5. The number of Topliss-reactive ketones (excluding diaryl/α,β-unsaturated/α-hetero) is 1. The van der Waals surface area contributed by atoms with E-state index >= 15 is 0 Å². The van der Waals surface area contributed by atoms with E-state index in [1.54, 1.807) is 13.8 Å². The van der Waals surface area contributed by atoms with Crippen molar-refractivity contribution in [2.24, 2.45) is 11.8 Å². The molecule has 0 fully saturated rings. The highest BCUT2D eigenvalue weighted by molar-refractivity contribution is 5.85. The Hall–Kier alpha value is -1.39. The van der Waals surface area contributed by atoms with Gasteiger partial charge in [0.25, 0.3) is 0 Å². The van der Waals surface area contributed by atoms with Gasteiger partial charge in [-0.15, -0.1) is 0 Å². The van der Waals surface area contributed by atoms with Crippen LogP contribution in [0.25, 0.3) is 0 Å². The molecule has 0 atom stereocenters. The molecule has 5 nitrogen and oxygen atoms in total. The van der Waals surface area contributed by atoms with Crippen LogP contribution in [-0.2, 0) is 14.4 Å². The Morgan fingerprint density at radius 1 is 1.12 bits per heavy atom. The summed E-state index contributed by atoms with van der Waals surface area (Å²) in [6.07, 6.45) is 0.278. The predicted molar refractivity (Wildman–Crippen MR) is 65.6 cm³/mol. The fourth-order valence-corrected chi connectivity index (χ4v) is 0.765. The van der Waals surface area contributed by atoms with Crippen molar-refractivity contribution in [3.05, 3.63) is 0 Å². The average molecular weight is 245 g/mol. The van der Waals surface area contributed by atoms with Gasteiger partial charge >= 0.3 is 5.97 Å². The molecule has 5 heteroatoms. The number of nitrogens with one attached hydrogen (secondary N) is 1. The lowest BCUT2D eigenvalue weighted by Crippen LogP contribution is -2.31. The number of carboxylic acid groups (broad SMARTS) is 1. The summed E-state index contributed by atoms with van der Waals surface area (Å²) < 4.78 is 0. The summed E-state index contributed by atoms with van der Waals surface area (Å²) >= 11 is 0. The molecule has 0 aliphatic rings. The van der Waals surface area contributed by atoms with Crippen molar-refractivity contribution in [1.29, 1.82) is 0 Å². The molecule has 0 aliphatic heterocycles. The number of hydrogen-bond acceptors (Lipinski definition) is 3. The predicted octanol–water partition coefficient (Wildman–Crippen LogP) is 1.46. The topological polar surface area (TPSA) is 83.5 Å². The zero-order valence-electron chi connectivity index (χ0n) is 11.2. The molecule has 0 saturated heterocycles. The monoisotopic (exact) mass is 245 g/mol. The number of carboxylic acids is 1. The molecule has 0 spiro atoms. The largest absolute Gasteiger partial charge is 0.481 e. The minimum Gasteiger partial charge on any atom is -0.481 e. The second-order valence-electron chi connectivity index (χ2n) is 4.57. The van der Waals surface area contributed by atoms with Crippen molar-refractivity contribution >= 4 is 17.7 Å². The van der Waals surface area contributed by atoms with E-state index in [4.69, 9.17) is 5.11 Å². The van der Waals surface area contributed by atoms with Gasteiger partial charge in [0.05, 0.1) is 6.54 Å². The van der Waals surface area contributed by atoms with Crippen molar-refractivity contribution in [3.8, 4) is 0 Å². The lowest BCUT2D eigenvalue weighted by Gasteiger charge is -2.03. The van der Waals surface area contributed by atoms with Gasteiger partial charge in [-0.25, -0.2) is 0 Å². The fourth-order valence-electron chi connectivity index (χ4n) is 0.765. The lowest BCUT2D eigenvalue weighted by molar-refractivity contribution is -0.137. The molecule has 1 amide bonds. The molecule has 0 saturated carbocycles. The van der Waals surface area contributed by atoms with Crippen molar-refractivity contribution < 1.29 is 19.5 Å². The van der Waals surface area contributed by atoms with E-state index < -0.39 is 5.97 Å². The van der Waals surface area contributed by atoms with Crippen LogP contribution in [0, 0.1) is 11.8 Å². The van der Waals surface area contributed by atoms with Gasteiger partial charge in [0, 0.05) is 12.3 Å². The van der Waals surface area contributed by atoms with Crippen LogP contribution in [0.1, 0.15) is 41.0 Å². The smallest absolute Gasteiger partial charge is 0.303 e. The van der Waals surface area contributed by atoms with Crippen LogP contribution in [0.4, 0.5) is 0 Å². The molecule has 0 aromatic rings. The van der Waals surface area contributed by atoms with E-state index in [9.17, 15) is 14.4 Å². The minimum atomic E-state index is -0.713. The van der Waals surface area contributed by atoms with Crippen LogP contribution >= 0.6 is 0 Å². The lowest BCUT2D eigenvalue weighted by atomic mass is 10.1. The van der Waals surface area contributed by atoms with E-state index in [0.29, 0.717) is 0 Å². The number of carbonyl (C=O) groups excluding carboxylic acids is 2. The molecular formula is C12H23NO4. The molecule has 100 valence electrons. The molecule has 0 radical (unpaired) electrons. The first kappa shape index (κ1) is 18.0. The zero-order valence-corrected chi connectivity index (χ0v) is 11.2. The first-order chi connectivity index (χ1) is 7.66. The van der Waals surface area contributed by atoms with E-state index in [1.165, 1.54) is 6.92 Å². The first-order valence-corrected chi connectivity index (χ1v) is 5.65. The highest BCUT2D eigenvalue weighted by atomic mass is 16.4. The van der Waals surface area contributed by atoms with Crippen LogP contribution in [0.15, 0.2) is 0 Å². The number of hydrogen-bond donors (Lipinski definition) is 2. The highest BCUT2D eigenvalue weighted by Gasteiger charge is 2.05. The molecule has 0 heterocycles. The molecule has 0 aliphatic carbocycles. The van der Waals surface area contributed by atoms with Crippen LogP contribution in [0.3, 0.4) is 0 Å². The Morgan fingerprint density at radius 2 is 1.59 bits per heavy atom. The normalized spacial score (nSPS) is 9.59. The van der Waals surface area contributed by atoms with E-state index in [1.807, 2.05) is 13.8 Å². The van der Waals surface area contributed by atoms with Gasteiger partial charge in [0.1, 0.15) is 5.78 Å². The Morgan fingerprint density at radius 3 is 1.76 bits per heavy atom. The summed E-state index contributed by atoms with van der Waals surface area (Å²) in [6, 6.07) is 0. The number of amides is 1. The zero-order chi connectivity index (χ0) is 14.0. The molecule has 0 aromatic carbocycles. The number of carbonyl (C=O) groups is 3. The van der Waals surface area contributed by atoms with Gasteiger partial charge in [-0.3, -0.25) is 14.4 Å². The highest BCUT2D eigenvalue weighted by Crippen LogP contribution is 1.96. The second-order valence-corrected chi connectivity index (χ2v) is 4.57. The van der Waals surface area contributed by atoms with Crippen molar-refractivity contribution in [3.63, 3.8) is 0 Å². The Labute approximate surface area is 103 Å². The third-order valence-corrected chi connectivity index (χ3v) is 1.62. The maximum atomic E-state index is 10.8. The maximum Gasteiger partial charge on any atom is 0.303 e. The summed E-state index contributed by atoms with van der Waals surface area (Å²) in [5, 5.41) is 10.6. The van der Waals surface area contributed by atoms with Crippen LogP contribution in [0.2, 0.25) is 0 Å². The molecule has 0 bridgehead atoms. The summed E-state index contributed by atoms with van der Waals surface area (Å²) in [5.74, 6) is -0.573. The summed E-state index contributed by atoms with van der Waals surface area (Å²) in [7, 11) is 0. The second kappa shape index (κ2) is 9.81. The summed E-state index contributed by atoms with van der Waals surface area (Å²) in [5.41, 5.74) is 0. The fraction of sp³-hybridized carbons (Fsp3) is 0.750. The van der Waals surface area contributed by atoms with Gasteiger partial charge in [-0.1, -0.05) is 27.7 Å². The van der Waals surface area contributed by atoms with Gasteiger partial charge in [0.15, 0.2) is 0 Å². The average Bonchev–Trinajstić information content (AvgIpc) is 2.12. The molecular weight excluding hydrogens is 222 g/mol. The standard InChI is InChI=1S/C7H13NO2.C5H10O2/c1-5(2)7(10)8-4-6(3)9;1-4(2)3-5(6)7/h5H,4H2,1-3H3,(H,8,10);4H,3H2,1-2H3,(H,6,7).